The van der Waals surface area contributed by atoms with Crippen molar-refractivity contribution in [1.82, 2.24) is 15.3 Å². The summed E-state index contributed by atoms with van der Waals surface area (Å²) >= 11 is 0. The Bertz CT molecular complexity index is 327. The van der Waals surface area contributed by atoms with Crippen LogP contribution in [0, 0.1) is 12.3 Å². The SMILES string of the molecule is Cc1[nH]cnc1CNC1CCC(C)(C)C1. The van der Waals surface area contributed by atoms with Crippen LogP contribution in [-0.4, -0.2) is 16.0 Å². The maximum atomic E-state index is 4.30. The van der Waals surface area contributed by atoms with Crippen LogP contribution >= 0.6 is 0 Å². The summed E-state index contributed by atoms with van der Waals surface area (Å²) < 4.78 is 0. The minimum Gasteiger partial charge on any atom is -0.348 e. The van der Waals surface area contributed by atoms with Crippen LogP contribution < -0.4 is 5.32 Å². The number of hydrogen-bond donors (Lipinski definition) is 2. The number of aromatic nitrogens is 2. The first kappa shape index (κ1) is 10.7. The Balaban J connectivity index is 1.83. The van der Waals surface area contributed by atoms with Crippen molar-refractivity contribution in [1.29, 1.82) is 0 Å². The molecule has 1 fully saturated rings. The van der Waals surface area contributed by atoms with Gasteiger partial charge in [0.05, 0.1) is 12.0 Å². The van der Waals surface area contributed by atoms with E-state index >= 15 is 0 Å². The van der Waals surface area contributed by atoms with Crippen molar-refractivity contribution in [2.45, 2.75) is 52.6 Å². The second-order valence-corrected chi connectivity index (χ2v) is 5.46. The molecule has 2 N–H and O–H groups in total. The lowest BCUT2D eigenvalue weighted by atomic mass is 9.92. The van der Waals surface area contributed by atoms with Gasteiger partial charge in [-0.05, 0) is 31.6 Å². The van der Waals surface area contributed by atoms with Gasteiger partial charge in [-0.3, -0.25) is 0 Å². The van der Waals surface area contributed by atoms with Crippen LogP contribution in [0.4, 0.5) is 0 Å². The summed E-state index contributed by atoms with van der Waals surface area (Å²) in [5.74, 6) is 0. The van der Waals surface area contributed by atoms with Crippen molar-refractivity contribution in [3.05, 3.63) is 17.7 Å². The quantitative estimate of drug-likeness (QED) is 0.799. The third-order valence-corrected chi connectivity index (χ3v) is 3.46. The highest BCUT2D eigenvalue weighted by molar-refractivity contribution is 5.08. The molecule has 3 nitrogen and oxygen atoms in total. The molecular formula is C12H21N3. The highest BCUT2D eigenvalue weighted by Gasteiger charge is 2.30. The maximum absolute atomic E-state index is 4.30. The summed E-state index contributed by atoms with van der Waals surface area (Å²) in [5.41, 5.74) is 2.86. The van der Waals surface area contributed by atoms with Crippen molar-refractivity contribution in [3.63, 3.8) is 0 Å². The van der Waals surface area contributed by atoms with E-state index in [4.69, 9.17) is 0 Å². The molecule has 1 heterocycles. The summed E-state index contributed by atoms with van der Waals surface area (Å²) in [7, 11) is 0. The molecule has 1 unspecified atom stereocenters. The Kier molecular flexibility index (Phi) is 2.83. The van der Waals surface area contributed by atoms with Gasteiger partial charge in [-0.1, -0.05) is 13.8 Å². The molecule has 15 heavy (non-hydrogen) atoms. The van der Waals surface area contributed by atoms with E-state index in [1.165, 1.54) is 25.0 Å². The van der Waals surface area contributed by atoms with Gasteiger partial charge in [0.15, 0.2) is 0 Å². The van der Waals surface area contributed by atoms with Gasteiger partial charge in [0, 0.05) is 18.3 Å². The molecule has 1 atom stereocenters. The third kappa shape index (κ3) is 2.59. The number of nitrogens with zero attached hydrogens (tertiary/aromatic N) is 1. The average Bonchev–Trinajstić information content (AvgIpc) is 2.69. The molecule has 0 amide bonds. The van der Waals surface area contributed by atoms with E-state index in [2.05, 4.69) is 36.1 Å². The number of imidazole rings is 1. The molecule has 1 aromatic heterocycles. The smallest absolute Gasteiger partial charge is 0.0925 e. The van der Waals surface area contributed by atoms with Crippen LogP contribution in [0.5, 0.6) is 0 Å². The molecule has 1 aromatic rings. The number of hydrogen-bond acceptors (Lipinski definition) is 2. The van der Waals surface area contributed by atoms with Crippen molar-refractivity contribution >= 4 is 0 Å². The zero-order chi connectivity index (χ0) is 10.9. The van der Waals surface area contributed by atoms with Crippen LogP contribution in [0.25, 0.3) is 0 Å². The predicted molar refractivity (Wildman–Crippen MR) is 61.6 cm³/mol. The second kappa shape index (κ2) is 3.97. The van der Waals surface area contributed by atoms with Crippen LogP contribution in [0.1, 0.15) is 44.5 Å². The molecule has 0 saturated heterocycles. The third-order valence-electron chi connectivity index (χ3n) is 3.46. The van der Waals surface area contributed by atoms with Gasteiger partial charge in [0.1, 0.15) is 0 Å². The molecular weight excluding hydrogens is 186 g/mol. The monoisotopic (exact) mass is 207 g/mol. The molecule has 0 spiro atoms. The summed E-state index contributed by atoms with van der Waals surface area (Å²) in [6.45, 7) is 7.68. The van der Waals surface area contributed by atoms with Crippen molar-refractivity contribution in [3.8, 4) is 0 Å². The van der Waals surface area contributed by atoms with E-state index < -0.39 is 0 Å². The van der Waals surface area contributed by atoms with Gasteiger partial charge in [0.25, 0.3) is 0 Å². The number of aromatic amines is 1. The van der Waals surface area contributed by atoms with Crippen LogP contribution in [0.15, 0.2) is 6.33 Å². The fraction of sp³-hybridized carbons (Fsp3) is 0.750. The fourth-order valence-electron chi connectivity index (χ4n) is 2.42. The number of rotatable bonds is 3. The first-order valence-corrected chi connectivity index (χ1v) is 5.79. The van der Waals surface area contributed by atoms with E-state index in [0.29, 0.717) is 11.5 Å². The minimum absolute atomic E-state index is 0.526. The normalized spacial score (nSPS) is 24.6. The maximum Gasteiger partial charge on any atom is 0.0925 e. The standard InChI is InChI=1S/C12H21N3/c1-9-11(15-8-14-9)7-13-10-4-5-12(2,3)6-10/h8,10,13H,4-7H2,1-3H3,(H,14,15). The van der Waals surface area contributed by atoms with Crippen molar-refractivity contribution < 1.29 is 0 Å². The molecule has 1 aliphatic rings. The first-order chi connectivity index (χ1) is 7.07. The van der Waals surface area contributed by atoms with Gasteiger partial charge in [-0.2, -0.15) is 0 Å². The van der Waals surface area contributed by atoms with Crippen molar-refractivity contribution in [2.24, 2.45) is 5.41 Å². The minimum atomic E-state index is 0.526. The fourth-order valence-corrected chi connectivity index (χ4v) is 2.42. The summed E-state index contributed by atoms with van der Waals surface area (Å²) in [6, 6.07) is 0.677. The molecule has 3 heteroatoms. The summed E-state index contributed by atoms with van der Waals surface area (Å²) in [5, 5.41) is 3.60. The van der Waals surface area contributed by atoms with Crippen LogP contribution in [-0.2, 0) is 6.54 Å². The highest BCUT2D eigenvalue weighted by atomic mass is 15.0. The van der Waals surface area contributed by atoms with Gasteiger partial charge >= 0.3 is 0 Å². The topological polar surface area (TPSA) is 40.7 Å². The Morgan fingerprint density at radius 1 is 1.60 bits per heavy atom. The Hall–Kier alpha value is -0.830. The van der Waals surface area contributed by atoms with E-state index in [9.17, 15) is 0 Å². The van der Waals surface area contributed by atoms with Crippen LogP contribution in [0.2, 0.25) is 0 Å². The summed E-state index contributed by atoms with van der Waals surface area (Å²) in [6.07, 6.45) is 5.70. The van der Waals surface area contributed by atoms with E-state index in [-0.39, 0.29) is 0 Å². The first-order valence-electron chi connectivity index (χ1n) is 5.79. The molecule has 1 aliphatic carbocycles. The lowest BCUT2D eigenvalue weighted by Crippen LogP contribution is -2.27. The van der Waals surface area contributed by atoms with Crippen molar-refractivity contribution in [2.75, 3.05) is 0 Å². The molecule has 0 radical (unpaired) electrons. The van der Waals surface area contributed by atoms with Gasteiger partial charge < -0.3 is 10.3 Å². The molecule has 2 rings (SSSR count). The Labute approximate surface area is 91.7 Å². The largest absolute Gasteiger partial charge is 0.348 e. The summed E-state index contributed by atoms with van der Waals surface area (Å²) in [4.78, 5) is 7.40. The van der Waals surface area contributed by atoms with Gasteiger partial charge in [0.2, 0.25) is 0 Å². The molecule has 1 saturated carbocycles. The molecule has 84 valence electrons. The van der Waals surface area contributed by atoms with E-state index in [0.717, 1.165) is 12.2 Å². The van der Waals surface area contributed by atoms with Crippen LogP contribution in [0.3, 0.4) is 0 Å². The lowest BCUT2D eigenvalue weighted by Gasteiger charge is -2.17. The lowest BCUT2D eigenvalue weighted by molar-refractivity contribution is 0.364. The Morgan fingerprint density at radius 2 is 2.40 bits per heavy atom. The molecule has 0 aromatic carbocycles. The number of H-pyrrole nitrogens is 1. The molecule has 0 bridgehead atoms. The van der Waals surface area contributed by atoms with E-state index in [1.807, 2.05) is 0 Å². The van der Waals surface area contributed by atoms with Gasteiger partial charge in [-0.15, -0.1) is 0 Å². The predicted octanol–water partition coefficient (Wildman–Crippen LogP) is 2.39. The molecule has 0 aliphatic heterocycles. The van der Waals surface area contributed by atoms with Gasteiger partial charge in [-0.25, -0.2) is 4.98 Å². The zero-order valence-electron chi connectivity index (χ0n) is 9.93. The number of aryl methyl sites for hydroxylation is 1. The zero-order valence-corrected chi connectivity index (χ0v) is 9.93. The highest BCUT2D eigenvalue weighted by Crippen LogP contribution is 2.36. The number of nitrogens with one attached hydrogen (secondary N) is 2. The second-order valence-electron chi connectivity index (χ2n) is 5.46. The Morgan fingerprint density at radius 3 is 2.93 bits per heavy atom. The average molecular weight is 207 g/mol. The van der Waals surface area contributed by atoms with E-state index in [1.54, 1.807) is 6.33 Å².